The quantitative estimate of drug-likeness (QED) is 0.719. The summed E-state index contributed by atoms with van der Waals surface area (Å²) in [6.45, 7) is 8.15. The molecule has 1 fully saturated rings. The van der Waals surface area contributed by atoms with Gasteiger partial charge in [0.15, 0.2) is 17.3 Å². The van der Waals surface area contributed by atoms with E-state index in [1.54, 1.807) is 13.0 Å². The number of carbonyl (C=O) groups excluding carboxylic acids is 1. The third-order valence-electron chi connectivity index (χ3n) is 6.60. The number of carbonyl (C=O) groups is 1. The molecule has 0 radical (unpaired) electrons. The van der Waals surface area contributed by atoms with E-state index in [9.17, 15) is 20.1 Å². The summed E-state index contributed by atoms with van der Waals surface area (Å²) in [5.41, 5.74) is 1.30. The van der Waals surface area contributed by atoms with Crippen molar-refractivity contribution in [3.63, 3.8) is 0 Å². The Kier molecular flexibility index (Phi) is 3.95. The van der Waals surface area contributed by atoms with Crippen molar-refractivity contribution in [2.45, 2.75) is 64.7 Å². The second-order valence-electron chi connectivity index (χ2n) is 8.61. The number of aromatic hydroxyl groups is 2. The SMILES string of the molecule is C[C@@H](CO)c1cc2c(c(O)c1O)[C@@]1(C)CCCC(C)(C)[C@@H]1CC2=O. The minimum absolute atomic E-state index is 0.0273. The first kappa shape index (κ1) is 17.3. The van der Waals surface area contributed by atoms with Crippen LogP contribution in [0.15, 0.2) is 6.07 Å². The average Bonchev–Trinajstić information content (AvgIpc) is 2.51. The molecule has 3 N–H and O–H groups in total. The van der Waals surface area contributed by atoms with Gasteiger partial charge in [-0.25, -0.2) is 0 Å². The standard InChI is InChI=1S/C20H28O4/c1-11(10-21)12-8-13-14(22)9-15-19(2,3)6-5-7-20(15,4)16(13)18(24)17(12)23/h8,11,15,21,23-24H,5-7,9-10H2,1-4H3/t11-,15-,20-/m0/s1. The Bertz CT molecular complexity index is 691. The van der Waals surface area contributed by atoms with Gasteiger partial charge in [0.1, 0.15) is 0 Å². The molecule has 0 unspecified atom stereocenters. The molecule has 1 aromatic rings. The molecule has 3 atom stereocenters. The number of phenolic OH excluding ortho intramolecular Hbond substituents is 2. The number of rotatable bonds is 2. The average molecular weight is 332 g/mol. The summed E-state index contributed by atoms with van der Waals surface area (Å²) in [4.78, 5) is 12.8. The van der Waals surface area contributed by atoms with E-state index < -0.39 is 0 Å². The van der Waals surface area contributed by atoms with Crippen molar-refractivity contribution < 1.29 is 20.1 Å². The molecule has 0 heterocycles. The van der Waals surface area contributed by atoms with Gasteiger partial charge in [0.05, 0.1) is 0 Å². The number of aliphatic hydroxyl groups is 1. The summed E-state index contributed by atoms with van der Waals surface area (Å²) in [5, 5.41) is 30.7. The van der Waals surface area contributed by atoms with Crippen LogP contribution in [0.2, 0.25) is 0 Å². The molecule has 0 saturated heterocycles. The molecule has 24 heavy (non-hydrogen) atoms. The summed E-state index contributed by atoms with van der Waals surface area (Å²) in [5.74, 6) is -0.494. The maximum atomic E-state index is 12.8. The second kappa shape index (κ2) is 5.48. The van der Waals surface area contributed by atoms with Crippen LogP contribution in [-0.4, -0.2) is 27.7 Å². The summed E-state index contributed by atoms with van der Waals surface area (Å²) in [6.07, 6.45) is 3.50. The van der Waals surface area contributed by atoms with Crippen molar-refractivity contribution in [1.82, 2.24) is 0 Å². The van der Waals surface area contributed by atoms with Crippen LogP contribution in [-0.2, 0) is 5.41 Å². The fraction of sp³-hybridized carbons (Fsp3) is 0.650. The van der Waals surface area contributed by atoms with Gasteiger partial charge in [0.2, 0.25) is 0 Å². The Morgan fingerprint density at radius 1 is 1.21 bits per heavy atom. The van der Waals surface area contributed by atoms with Gasteiger partial charge in [-0.2, -0.15) is 0 Å². The van der Waals surface area contributed by atoms with Crippen LogP contribution in [0.5, 0.6) is 11.5 Å². The molecule has 0 aromatic heterocycles. The lowest BCUT2D eigenvalue weighted by molar-refractivity contribution is 0.0354. The van der Waals surface area contributed by atoms with E-state index in [1.165, 1.54) is 0 Å². The Labute approximate surface area is 143 Å². The Morgan fingerprint density at radius 3 is 2.50 bits per heavy atom. The van der Waals surface area contributed by atoms with Gasteiger partial charge in [-0.3, -0.25) is 4.79 Å². The number of hydrogen-bond donors (Lipinski definition) is 3. The van der Waals surface area contributed by atoms with Gasteiger partial charge in [0, 0.05) is 41.1 Å². The molecule has 4 nitrogen and oxygen atoms in total. The van der Waals surface area contributed by atoms with Gasteiger partial charge >= 0.3 is 0 Å². The van der Waals surface area contributed by atoms with E-state index in [0.717, 1.165) is 19.3 Å². The molecule has 132 valence electrons. The van der Waals surface area contributed by atoms with E-state index in [1.807, 2.05) is 0 Å². The molecule has 2 aliphatic rings. The number of aliphatic hydroxyl groups excluding tert-OH is 1. The maximum absolute atomic E-state index is 12.8. The molecule has 1 saturated carbocycles. The van der Waals surface area contributed by atoms with Crippen molar-refractivity contribution >= 4 is 5.78 Å². The monoisotopic (exact) mass is 332 g/mol. The van der Waals surface area contributed by atoms with Crippen molar-refractivity contribution in [2.75, 3.05) is 6.61 Å². The highest BCUT2D eigenvalue weighted by Crippen LogP contribution is 2.60. The fourth-order valence-corrected chi connectivity index (χ4v) is 5.17. The molecular weight excluding hydrogens is 304 g/mol. The molecule has 0 aliphatic heterocycles. The number of benzene rings is 1. The molecule has 2 aliphatic carbocycles. The van der Waals surface area contributed by atoms with E-state index >= 15 is 0 Å². The lowest BCUT2D eigenvalue weighted by Gasteiger charge is -2.53. The summed E-state index contributed by atoms with van der Waals surface area (Å²) in [6, 6.07) is 1.69. The van der Waals surface area contributed by atoms with Crippen LogP contribution in [0.1, 0.15) is 80.8 Å². The van der Waals surface area contributed by atoms with E-state index in [4.69, 9.17) is 0 Å². The zero-order valence-corrected chi connectivity index (χ0v) is 15.0. The lowest BCUT2D eigenvalue weighted by Crippen LogP contribution is -2.49. The van der Waals surface area contributed by atoms with Crippen molar-refractivity contribution in [3.05, 3.63) is 22.8 Å². The highest BCUT2D eigenvalue weighted by Gasteiger charge is 2.53. The van der Waals surface area contributed by atoms with E-state index in [0.29, 0.717) is 23.1 Å². The predicted molar refractivity (Wildman–Crippen MR) is 92.7 cm³/mol. The summed E-state index contributed by atoms with van der Waals surface area (Å²) < 4.78 is 0. The Balaban J connectivity index is 2.26. The fourth-order valence-electron chi connectivity index (χ4n) is 5.17. The molecular formula is C20H28O4. The first-order valence-electron chi connectivity index (χ1n) is 8.87. The zero-order chi connectivity index (χ0) is 17.9. The van der Waals surface area contributed by atoms with Gasteiger partial charge in [-0.1, -0.05) is 34.1 Å². The van der Waals surface area contributed by atoms with Crippen molar-refractivity contribution in [2.24, 2.45) is 11.3 Å². The highest BCUT2D eigenvalue weighted by molar-refractivity contribution is 6.01. The smallest absolute Gasteiger partial charge is 0.163 e. The van der Waals surface area contributed by atoms with Gasteiger partial charge in [-0.15, -0.1) is 0 Å². The van der Waals surface area contributed by atoms with Crippen LogP contribution < -0.4 is 0 Å². The van der Waals surface area contributed by atoms with Crippen LogP contribution in [0.25, 0.3) is 0 Å². The van der Waals surface area contributed by atoms with Crippen molar-refractivity contribution in [3.8, 4) is 11.5 Å². The van der Waals surface area contributed by atoms with Crippen LogP contribution in [0.4, 0.5) is 0 Å². The van der Waals surface area contributed by atoms with Gasteiger partial charge in [0.25, 0.3) is 0 Å². The molecule has 0 bridgehead atoms. The molecule has 3 rings (SSSR count). The van der Waals surface area contributed by atoms with E-state index in [-0.39, 0.29) is 46.6 Å². The predicted octanol–water partition coefficient (Wildman–Crippen LogP) is 3.86. The largest absolute Gasteiger partial charge is 0.504 e. The lowest BCUT2D eigenvalue weighted by atomic mass is 9.50. The number of fused-ring (bicyclic) bond motifs is 3. The molecule has 0 spiro atoms. The molecule has 4 heteroatoms. The Morgan fingerprint density at radius 2 is 1.88 bits per heavy atom. The minimum atomic E-state index is -0.331. The van der Waals surface area contributed by atoms with Gasteiger partial charge < -0.3 is 15.3 Å². The van der Waals surface area contributed by atoms with Gasteiger partial charge in [-0.05, 0) is 30.2 Å². The third kappa shape index (κ3) is 2.26. The van der Waals surface area contributed by atoms with Crippen molar-refractivity contribution in [1.29, 1.82) is 0 Å². The number of ketones is 1. The Hall–Kier alpha value is -1.55. The van der Waals surface area contributed by atoms with Crippen LogP contribution >= 0.6 is 0 Å². The zero-order valence-electron chi connectivity index (χ0n) is 15.0. The maximum Gasteiger partial charge on any atom is 0.163 e. The van der Waals surface area contributed by atoms with Crippen LogP contribution in [0, 0.1) is 11.3 Å². The normalized spacial score (nSPS) is 29.7. The minimum Gasteiger partial charge on any atom is -0.504 e. The first-order valence-corrected chi connectivity index (χ1v) is 8.87. The molecule has 0 amide bonds. The van der Waals surface area contributed by atoms with Crippen LogP contribution in [0.3, 0.4) is 0 Å². The third-order valence-corrected chi connectivity index (χ3v) is 6.60. The summed E-state index contributed by atoms with van der Waals surface area (Å²) in [7, 11) is 0. The molecule has 1 aromatic carbocycles. The number of Topliss-reactive ketones (excluding diaryl/α,β-unsaturated/α-hetero) is 1. The first-order chi connectivity index (χ1) is 11.1. The second-order valence-corrected chi connectivity index (χ2v) is 8.61. The summed E-state index contributed by atoms with van der Waals surface area (Å²) >= 11 is 0. The van der Waals surface area contributed by atoms with E-state index in [2.05, 4.69) is 20.8 Å². The highest BCUT2D eigenvalue weighted by atomic mass is 16.3. The number of phenols is 2. The number of hydrogen-bond acceptors (Lipinski definition) is 4. The topological polar surface area (TPSA) is 77.8 Å².